The summed E-state index contributed by atoms with van der Waals surface area (Å²) in [6, 6.07) is 6.16. The molecule has 0 bridgehead atoms. The second kappa shape index (κ2) is 3.08. The Balaban J connectivity index is 2.78. The first-order valence-corrected chi connectivity index (χ1v) is 6.04. The number of ether oxygens (including phenoxy) is 1. The number of hydrogen-bond acceptors (Lipinski definition) is 2. The average molecular weight is 275 g/mol. The maximum atomic E-state index is 5.22. The van der Waals surface area contributed by atoms with Gasteiger partial charge in [0, 0.05) is 0 Å². The Morgan fingerprint density at radius 1 is 1.42 bits per heavy atom. The summed E-state index contributed by atoms with van der Waals surface area (Å²) in [6.45, 7) is 2.10. The van der Waals surface area contributed by atoms with Crippen molar-refractivity contribution in [1.29, 1.82) is 0 Å². The van der Waals surface area contributed by atoms with Crippen LogP contribution in [0.3, 0.4) is 0 Å². The number of aromatic nitrogens is 1. The van der Waals surface area contributed by atoms with E-state index in [0.29, 0.717) is 0 Å². The third-order valence-corrected chi connectivity index (χ3v) is 4.38. The standard InChI is InChI=1S/C9H9NOTe/c1-6-10-9-7(11-2)4-3-5-8(9)12-6/h3-5H,1-2H3. The molecule has 1 aromatic heterocycles. The van der Waals surface area contributed by atoms with Crippen LogP contribution in [-0.2, 0) is 0 Å². The predicted octanol–water partition coefficient (Wildman–Crippen LogP) is 1.61. The minimum absolute atomic E-state index is 0.167. The molecule has 2 rings (SSSR count). The topological polar surface area (TPSA) is 22.1 Å². The SMILES string of the molecule is COc1cccc2[te]c(C)nc12. The van der Waals surface area contributed by atoms with Gasteiger partial charge in [0.05, 0.1) is 0 Å². The minimum atomic E-state index is -0.167. The first-order chi connectivity index (χ1) is 5.81. The van der Waals surface area contributed by atoms with Crippen LogP contribution in [0.4, 0.5) is 0 Å². The first-order valence-electron chi connectivity index (χ1n) is 3.71. The zero-order valence-electron chi connectivity index (χ0n) is 7.00. The van der Waals surface area contributed by atoms with E-state index in [1.807, 2.05) is 12.1 Å². The van der Waals surface area contributed by atoms with Gasteiger partial charge in [0.25, 0.3) is 0 Å². The molecule has 0 fully saturated rings. The first kappa shape index (κ1) is 8.09. The zero-order valence-corrected chi connectivity index (χ0v) is 9.33. The molecule has 0 amide bonds. The van der Waals surface area contributed by atoms with E-state index in [0.717, 1.165) is 11.3 Å². The fraction of sp³-hybridized carbons (Fsp3) is 0.222. The van der Waals surface area contributed by atoms with Crippen LogP contribution in [0.2, 0.25) is 0 Å². The molecule has 3 heteroatoms. The summed E-state index contributed by atoms with van der Waals surface area (Å²) in [5.41, 5.74) is 1.07. The Kier molecular flexibility index (Phi) is 2.08. The predicted molar refractivity (Wildman–Crippen MR) is 50.0 cm³/mol. The molecule has 0 spiro atoms. The molecule has 0 aliphatic rings. The van der Waals surface area contributed by atoms with Crippen molar-refractivity contribution in [2.75, 3.05) is 7.11 Å². The number of aryl methyl sites for hydroxylation is 1. The molecular weight excluding hydrogens is 266 g/mol. The Labute approximate surface area is 80.8 Å². The van der Waals surface area contributed by atoms with Crippen molar-refractivity contribution in [3.8, 4) is 5.75 Å². The Hall–Kier alpha value is -0.520. The van der Waals surface area contributed by atoms with Crippen molar-refractivity contribution >= 4 is 29.3 Å². The van der Waals surface area contributed by atoms with Gasteiger partial charge in [-0.3, -0.25) is 0 Å². The number of benzene rings is 1. The van der Waals surface area contributed by atoms with Gasteiger partial charge in [-0.25, -0.2) is 0 Å². The molecule has 0 radical (unpaired) electrons. The van der Waals surface area contributed by atoms with Gasteiger partial charge in [-0.2, -0.15) is 0 Å². The van der Waals surface area contributed by atoms with Crippen LogP contribution in [0.15, 0.2) is 18.2 Å². The summed E-state index contributed by atoms with van der Waals surface area (Å²) in [6.07, 6.45) is 0. The zero-order chi connectivity index (χ0) is 8.55. The fourth-order valence-corrected chi connectivity index (χ4v) is 3.61. The molecule has 62 valence electrons. The van der Waals surface area contributed by atoms with Gasteiger partial charge in [-0.05, 0) is 0 Å². The number of nitrogens with zero attached hydrogens (tertiary/aromatic N) is 1. The van der Waals surface area contributed by atoms with E-state index in [1.54, 1.807) is 7.11 Å². The quantitative estimate of drug-likeness (QED) is 0.737. The van der Waals surface area contributed by atoms with Crippen LogP contribution in [-0.4, -0.2) is 32.5 Å². The molecule has 2 aromatic rings. The molecule has 12 heavy (non-hydrogen) atoms. The number of methoxy groups -OCH3 is 1. The fourth-order valence-electron chi connectivity index (χ4n) is 1.20. The van der Waals surface area contributed by atoms with Gasteiger partial charge < -0.3 is 0 Å². The van der Waals surface area contributed by atoms with E-state index in [2.05, 4.69) is 18.0 Å². The van der Waals surface area contributed by atoms with E-state index in [1.165, 1.54) is 7.11 Å². The van der Waals surface area contributed by atoms with Crippen LogP contribution in [0.25, 0.3) is 8.92 Å². The van der Waals surface area contributed by atoms with Crippen LogP contribution in [0.1, 0.15) is 3.71 Å². The molecule has 1 heterocycles. The van der Waals surface area contributed by atoms with Crippen LogP contribution >= 0.6 is 0 Å². The van der Waals surface area contributed by atoms with Gasteiger partial charge in [0.2, 0.25) is 0 Å². The van der Waals surface area contributed by atoms with Crippen molar-refractivity contribution in [1.82, 2.24) is 4.98 Å². The van der Waals surface area contributed by atoms with Crippen molar-refractivity contribution in [3.05, 3.63) is 21.9 Å². The molecule has 0 atom stereocenters. The number of rotatable bonds is 1. The maximum absolute atomic E-state index is 5.22. The second-order valence-corrected chi connectivity index (χ2v) is 6.06. The molecule has 2 nitrogen and oxygen atoms in total. The molecule has 0 unspecified atom stereocenters. The van der Waals surface area contributed by atoms with E-state index < -0.39 is 0 Å². The van der Waals surface area contributed by atoms with Crippen molar-refractivity contribution in [3.63, 3.8) is 0 Å². The van der Waals surface area contributed by atoms with Crippen molar-refractivity contribution in [2.24, 2.45) is 0 Å². The Morgan fingerprint density at radius 3 is 3.00 bits per heavy atom. The molecule has 0 aliphatic carbocycles. The third-order valence-electron chi connectivity index (χ3n) is 1.71. The van der Waals surface area contributed by atoms with Crippen LogP contribution in [0.5, 0.6) is 5.75 Å². The van der Waals surface area contributed by atoms with E-state index in [4.69, 9.17) is 4.74 Å². The third kappa shape index (κ3) is 1.24. The Morgan fingerprint density at radius 2 is 2.25 bits per heavy atom. The summed E-state index contributed by atoms with van der Waals surface area (Å²) in [5.74, 6) is 0.912. The number of fused-ring (bicyclic) bond motifs is 1. The normalized spacial score (nSPS) is 10.5. The summed E-state index contributed by atoms with van der Waals surface area (Å²) < 4.78 is 7.91. The van der Waals surface area contributed by atoms with Crippen LogP contribution in [0, 0.1) is 6.92 Å². The molecule has 0 saturated heterocycles. The summed E-state index contributed by atoms with van der Waals surface area (Å²) in [5, 5.41) is 0. The molecule has 0 aliphatic heterocycles. The van der Waals surface area contributed by atoms with E-state index in [-0.39, 0.29) is 20.4 Å². The number of para-hydroxylation sites is 1. The van der Waals surface area contributed by atoms with Gasteiger partial charge in [-0.15, -0.1) is 0 Å². The molecule has 0 saturated carbocycles. The van der Waals surface area contributed by atoms with Crippen molar-refractivity contribution in [2.45, 2.75) is 6.92 Å². The van der Waals surface area contributed by atoms with Crippen molar-refractivity contribution < 1.29 is 4.74 Å². The summed E-state index contributed by atoms with van der Waals surface area (Å²) >= 11 is -0.167. The number of hydrogen-bond donors (Lipinski definition) is 0. The Bertz CT molecular complexity index is 408. The molecule has 1 aromatic carbocycles. The summed E-state index contributed by atoms with van der Waals surface area (Å²) in [7, 11) is 1.69. The van der Waals surface area contributed by atoms with Gasteiger partial charge >= 0.3 is 80.8 Å². The van der Waals surface area contributed by atoms with Gasteiger partial charge in [0.1, 0.15) is 0 Å². The van der Waals surface area contributed by atoms with Crippen LogP contribution < -0.4 is 4.74 Å². The monoisotopic (exact) mass is 277 g/mol. The van der Waals surface area contributed by atoms with Gasteiger partial charge in [0.15, 0.2) is 0 Å². The molecule has 0 N–H and O–H groups in total. The van der Waals surface area contributed by atoms with E-state index in [9.17, 15) is 0 Å². The van der Waals surface area contributed by atoms with E-state index >= 15 is 0 Å². The molecular formula is C9H9NOTe. The van der Waals surface area contributed by atoms with Gasteiger partial charge in [-0.1, -0.05) is 0 Å². The summed E-state index contributed by atoms with van der Waals surface area (Å²) in [4.78, 5) is 4.47. The second-order valence-electron chi connectivity index (χ2n) is 2.54. The average Bonchev–Trinajstić information content (AvgIpc) is 2.44.